The first-order valence-electron chi connectivity index (χ1n) is 11.1. The van der Waals surface area contributed by atoms with Crippen LogP contribution in [0.5, 0.6) is 0 Å². The van der Waals surface area contributed by atoms with E-state index in [1.54, 1.807) is 6.21 Å². The number of halogens is 2. The third-order valence-corrected chi connectivity index (χ3v) is 6.46. The van der Waals surface area contributed by atoms with Gasteiger partial charge in [-0.25, -0.2) is 5.43 Å². The van der Waals surface area contributed by atoms with Crippen LogP contribution in [-0.2, 0) is 4.74 Å². The van der Waals surface area contributed by atoms with E-state index in [1.807, 2.05) is 31.2 Å². The van der Waals surface area contributed by atoms with E-state index in [2.05, 4.69) is 77.6 Å². The molecule has 4 rings (SSSR count). The second-order valence-electron chi connectivity index (χ2n) is 8.28. The van der Waals surface area contributed by atoms with Gasteiger partial charge in [-0.1, -0.05) is 49.7 Å². The van der Waals surface area contributed by atoms with E-state index >= 15 is 0 Å². The van der Waals surface area contributed by atoms with Crippen LogP contribution in [0.4, 0.5) is 23.5 Å². The molecule has 34 heavy (non-hydrogen) atoms. The van der Waals surface area contributed by atoms with Gasteiger partial charge >= 0.3 is 0 Å². The van der Waals surface area contributed by atoms with E-state index in [0.717, 1.165) is 21.3 Å². The van der Waals surface area contributed by atoms with Gasteiger partial charge in [0, 0.05) is 22.6 Å². The number of anilines is 4. The molecule has 1 aliphatic rings. The van der Waals surface area contributed by atoms with Crippen LogP contribution in [0.1, 0.15) is 36.5 Å². The number of morpholine rings is 1. The summed E-state index contributed by atoms with van der Waals surface area (Å²) in [6, 6.07) is 12.1. The van der Waals surface area contributed by atoms with Gasteiger partial charge in [0.25, 0.3) is 0 Å². The first kappa shape index (κ1) is 24.4. The smallest absolute Gasteiger partial charge is 0.250 e. The van der Waals surface area contributed by atoms with Crippen molar-refractivity contribution < 1.29 is 4.74 Å². The second kappa shape index (κ2) is 11.1. The fourth-order valence-corrected chi connectivity index (χ4v) is 4.09. The summed E-state index contributed by atoms with van der Waals surface area (Å²) in [6.45, 7) is 8.95. The zero-order valence-corrected chi connectivity index (χ0v) is 21.7. The Morgan fingerprint density at radius 3 is 2.50 bits per heavy atom. The molecule has 1 fully saturated rings. The molecule has 0 saturated carbocycles. The molecule has 0 radical (unpaired) electrons. The summed E-state index contributed by atoms with van der Waals surface area (Å²) >= 11 is 9.90. The van der Waals surface area contributed by atoms with Gasteiger partial charge in [0.15, 0.2) is 0 Å². The summed E-state index contributed by atoms with van der Waals surface area (Å²) < 4.78 is 6.33. The first-order chi connectivity index (χ1) is 16.4. The maximum absolute atomic E-state index is 6.32. The van der Waals surface area contributed by atoms with Crippen molar-refractivity contribution in [2.24, 2.45) is 5.10 Å². The molecular weight excluding hydrogens is 518 g/mol. The van der Waals surface area contributed by atoms with Crippen molar-refractivity contribution in [3.63, 3.8) is 0 Å². The number of nitrogens with one attached hydrogen (secondary N) is 2. The third-order valence-electron chi connectivity index (χ3n) is 5.39. The molecule has 178 valence electrons. The van der Waals surface area contributed by atoms with Crippen molar-refractivity contribution in [3.05, 3.63) is 62.6 Å². The van der Waals surface area contributed by atoms with Gasteiger partial charge in [0.1, 0.15) is 0 Å². The van der Waals surface area contributed by atoms with Crippen molar-refractivity contribution in [2.75, 3.05) is 41.9 Å². The molecule has 0 aliphatic carbocycles. The van der Waals surface area contributed by atoms with Gasteiger partial charge in [-0.2, -0.15) is 20.1 Å². The van der Waals surface area contributed by atoms with Gasteiger partial charge in [0.2, 0.25) is 17.8 Å². The number of hydrazone groups is 1. The number of aromatic nitrogens is 3. The Morgan fingerprint density at radius 1 is 1.09 bits per heavy atom. The van der Waals surface area contributed by atoms with Crippen LogP contribution < -0.4 is 15.6 Å². The number of nitrogens with zero attached hydrogens (tertiary/aromatic N) is 5. The van der Waals surface area contributed by atoms with Gasteiger partial charge in [-0.05, 0) is 57.6 Å². The van der Waals surface area contributed by atoms with E-state index in [-0.39, 0.29) is 0 Å². The Bertz CT molecular complexity index is 1160. The number of hydrogen-bond acceptors (Lipinski definition) is 8. The fourth-order valence-electron chi connectivity index (χ4n) is 3.37. The minimum Gasteiger partial charge on any atom is -0.378 e. The Hall–Kier alpha value is -2.75. The Labute approximate surface area is 212 Å². The summed E-state index contributed by atoms with van der Waals surface area (Å²) in [7, 11) is 0. The standard InChI is InChI=1S/C24H27BrClN7O/c1-15(2)18-6-4-17(5-7-18)14-27-32-23-29-22(28-21-13-20(26)16(3)12-19(21)25)30-24(31-23)33-8-10-34-11-9-33/h4-7,12-15H,8-11H2,1-3H3,(H2,28,29,30,31,32)/b27-14+. The van der Waals surface area contributed by atoms with Crippen LogP contribution in [0, 0.1) is 6.92 Å². The van der Waals surface area contributed by atoms with Crippen molar-refractivity contribution in [1.29, 1.82) is 0 Å². The fraction of sp³-hybridized carbons (Fsp3) is 0.333. The lowest BCUT2D eigenvalue weighted by molar-refractivity contribution is 0.122. The summed E-state index contributed by atoms with van der Waals surface area (Å²) in [5.74, 6) is 1.76. The SMILES string of the molecule is Cc1cc(Br)c(Nc2nc(N/N=C/c3ccc(C(C)C)cc3)nc(N3CCOCC3)n2)cc1Cl. The molecule has 10 heteroatoms. The maximum Gasteiger partial charge on any atom is 0.250 e. The quantitative estimate of drug-likeness (QED) is 0.289. The van der Waals surface area contributed by atoms with Gasteiger partial charge in [0.05, 0.1) is 25.1 Å². The minimum atomic E-state index is 0.336. The monoisotopic (exact) mass is 543 g/mol. The third kappa shape index (κ3) is 6.22. The molecule has 2 N–H and O–H groups in total. The molecule has 1 saturated heterocycles. The van der Waals surface area contributed by atoms with Crippen LogP contribution in [-0.4, -0.2) is 47.5 Å². The number of hydrogen-bond donors (Lipinski definition) is 2. The lowest BCUT2D eigenvalue weighted by atomic mass is 10.0. The van der Waals surface area contributed by atoms with Gasteiger partial charge in [-0.3, -0.25) is 0 Å². The highest BCUT2D eigenvalue weighted by Gasteiger charge is 2.17. The highest BCUT2D eigenvalue weighted by molar-refractivity contribution is 9.10. The Balaban J connectivity index is 1.57. The van der Waals surface area contributed by atoms with Crippen LogP contribution >= 0.6 is 27.5 Å². The average molecular weight is 545 g/mol. The topological polar surface area (TPSA) is 87.6 Å². The lowest BCUT2D eigenvalue weighted by Gasteiger charge is -2.27. The second-order valence-corrected chi connectivity index (χ2v) is 9.54. The van der Waals surface area contributed by atoms with Crippen molar-refractivity contribution in [2.45, 2.75) is 26.7 Å². The molecule has 2 aromatic carbocycles. The lowest BCUT2D eigenvalue weighted by Crippen LogP contribution is -2.37. The highest BCUT2D eigenvalue weighted by atomic mass is 79.9. The molecule has 2 heterocycles. The zero-order chi connectivity index (χ0) is 24.1. The van der Waals surface area contributed by atoms with Gasteiger partial charge in [-0.15, -0.1) is 0 Å². The van der Waals surface area contributed by atoms with Crippen molar-refractivity contribution >= 4 is 57.3 Å². The maximum atomic E-state index is 6.32. The van der Waals surface area contributed by atoms with E-state index in [1.165, 1.54) is 5.56 Å². The normalized spacial score (nSPS) is 14.1. The minimum absolute atomic E-state index is 0.336. The molecule has 0 unspecified atom stereocenters. The van der Waals surface area contributed by atoms with Crippen LogP contribution in [0.25, 0.3) is 0 Å². The largest absolute Gasteiger partial charge is 0.378 e. The molecule has 1 aromatic heterocycles. The predicted molar refractivity (Wildman–Crippen MR) is 142 cm³/mol. The zero-order valence-electron chi connectivity index (χ0n) is 19.3. The molecule has 0 atom stereocenters. The molecule has 1 aliphatic heterocycles. The summed E-state index contributed by atoms with van der Waals surface area (Å²) in [5, 5.41) is 8.23. The number of aryl methyl sites for hydroxylation is 1. The van der Waals surface area contributed by atoms with E-state index in [9.17, 15) is 0 Å². The molecule has 8 nitrogen and oxygen atoms in total. The van der Waals surface area contributed by atoms with Gasteiger partial charge < -0.3 is 15.0 Å². The molecular formula is C24H27BrClN7O. The molecule has 3 aromatic rings. The van der Waals surface area contributed by atoms with E-state index in [0.29, 0.717) is 55.1 Å². The van der Waals surface area contributed by atoms with Crippen LogP contribution in [0.15, 0.2) is 46.0 Å². The summed E-state index contributed by atoms with van der Waals surface area (Å²) in [6.07, 6.45) is 1.74. The predicted octanol–water partition coefficient (Wildman–Crippen LogP) is 5.75. The average Bonchev–Trinajstić information content (AvgIpc) is 2.83. The first-order valence-corrected chi connectivity index (χ1v) is 12.3. The molecule has 0 spiro atoms. The van der Waals surface area contributed by atoms with E-state index in [4.69, 9.17) is 16.3 Å². The number of ether oxygens (including phenoxy) is 1. The summed E-state index contributed by atoms with van der Waals surface area (Å²) in [5.41, 5.74) is 6.95. The number of benzene rings is 2. The highest BCUT2D eigenvalue weighted by Crippen LogP contribution is 2.31. The van der Waals surface area contributed by atoms with Crippen molar-refractivity contribution in [3.8, 4) is 0 Å². The Kier molecular flexibility index (Phi) is 7.97. The molecule has 0 bridgehead atoms. The Morgan fingerprint density at radius 2 is 1.79 bits per heavy atom. The van der Waals surface area contributed by atoms with Crippen molar-refractivity contribution in [1.82, 2.24) is 15.0 Å². The van der Waals surface area contributed by atoms with Crippen LogP contribution in [0.3, 0.4) is 0 Å². The summed E-state index contributed by atoms with van der Waals surface area (Å²) in [4.78, 5) is 15.8. The molecule has 0 amide bonds. The van der Waals surface area contributed by atoms with Crippen LogP contribution in [0.2, 0.25) is 5.02 Å². The number of rotatable bonds is 7. The van der Waals surface area contributed by atoms with E-state index < -0.39 is 0 Å².